The number of allylic oxidation sites excluding steroid dienone is 1. The Morgan fingerprint density at radius 2 is 1.87 bits per heavy atom. The van der Waals surface area contributed by atoms with Crippen LogP contribution in [0.5, 0.6) is 0 Å². The fraction of sp³-hybridized carbons (Fsp3) is 0.111. The molecule has 5 heteroatoms. The third-order valence-electron chi connectivity index (χ3n) is 4.07. The summed E-state index contributed by atoms with van der Waals surface area (Å²) in [5.74, 6) is 0.741. The van der Waals surface area contributed by atoms with Crippen molar-refractivity contribution in [3.05, 3.63) is 82.6 Å². The second-order valence-electron chi connectivity index (χ2n) is 5.54. The summed E-state index contributed by atoms with van der Waals surface area (Å²) in [4.78, 5) is 4.33. The molecule has 0 saturated carbocycles. The minimum absolute atomic E-state index is 0.0145. The summed E-state index contributed by atoms with van der Waals surface area (Å²) >= 11 is 5.99. The Bertz CT molecular complexity index is 880. The van der Waals surface area contributed by atoms with Crippen molar-refractivity contribution in [3.8, 4) is 0 Å². The van der Waals surface area contributed by atoms with Crippen molar-refractivity contribution in [2.24, 2.45) is 0 Å². The number of nitrogens with zero attached hydrogens (tertiary/aromatic N) is 3. The van der Waals surface area contributed by atoms with E-state index >= 15 is 0 Å². The lowest BCUT2D eigenvalue weighted by molar-refractivity contribution is 0.609. The van der Waals surface area contributed by atoms with Crippen LogP contribution >= 0.6 is 11.6 Å². The number of aromatic nitrogens is 3. The van der Waals surface area contributed by atoms with Gasteiger partial charge in [-0.25, -0.2) is 4.68 Å². The third kappa shape index (κ3) is 2.51. The Kier molecular flexibility index (Phi) is 3.39. The molecule has 0 radical (unpaired) electrons. The summed E-state index contributed by atoms with van der Waals surface area (Å²) in [6, 6.07) is 16.1. The Balaban J connectivity index is 1.83. The van der Waals surface area contributed by atoms with Gasteiger partial charge < -0.3 is 5.32 Å². The van der Waals surface area contributed by atoms with Crippen molar-refractivity contribution in [2.45, 2.75) is 13.0 Å². The van der Waals surface area contributed by atoms with E-state index in [4.69, 9.17) is 11.6 Å². The summed E-state index contributed by atoms with van der Waals surface area (Å²) in [6.45, 7) is 2.11. The maximum atomic E-state index is 5.99. The van der Waals surface area contributed by atoms with E-state index in [2.05, 4.69) is 46.6 Å². The first kappa shape index (κ1) is 14.0. The highest BCUT2D eigenvalue weighted by atomic mass is 35.5. The van der Waals surface area contributed by atoms with Crippen LogP contribution in [0.4, 0.5) is 5.95 Å². The molecule has 2 heterocycles. The zero-order valence-electron chi connectivity index (χ0n) is 12.6. The van der Waals surface area contributed by atoms with Gasteiger partial charge in [-0.1, -0.05) is 48.0 Å². The summed E-state index contributed by atoms with van der Waals surface area (Å²) in [6.07, 6.45) is 3.75. The average molecular weight is 323 g/mol. The Labute approximate surface area is 139 Å². The van der Waals surface area contributed by atoms with Crippen molar-refractivity contribution in [2.75, 3.05) is 5.32 Å². The predicted octanol–water partition coefficient (Wildman–Crippen LogP) is 4.30. The first-order valence-electron chi connectivity index (χ1n) is 7.42. The van der Waals surface area contributed by atoms with Crippen molar-refractivity contribution in [3.63, 3.8) is 0 Å². The summed E-state index contributed by atoms with van der Waals surface area (Å²) in [7, 11) is 0. The Morgan fingerprint density at radius 1 is 1.09 bits per heavy atom. The van der Waals surface area contributed by atoms with Gasteiger partial charge in [-0.3, -0.25) is 0 Å². The monoisotopic (exact) mass is 322 g/mol. The molecule has 114 valence electrons. The van der Waals surface area contributed by atoms with Gasteiger partial charge in [0.1, 0.15) is 12.4 Å². The zero-order valence-corrected chi connectivity index (χ0v) is 13.3. The van der Waals surface area contributed by atoms with Crippen LogP contribution in [-0.2, 0) is 0 Å². The van der Waals surface area contributed by atoms with Gasteiger partial charge in [-0.2, -0.15) is 10.1 Å². The second-order valence-corrected chi connectivity index (χ2v) is 5.98. The van der Waals surface area contributed by atoms with Gasteiger partial charge in [0.15, 0.2) is 0 Å². The summed E-state index contributed by atoms with van der Waals surface area (Å²) < 4.78 is 1.90. The molecule has 1 N–H and O–H groups in total. The van der Waals surface area contributed by atoms with E-state index in [9.17, 15) is 0 Å². The number of anilines is 1. The van der Waals surface area contributed by atoms with Gasteiger partial charge in [0.2, 0.25) is 5.95 Å². The number of benzene rings is 2. The number of fused-ring (bicyclic) bond motifs is 1. The highest BCUT2D eigenvalue weighted by molar-refractivity contribution is 6.30. The van der Waals surface area contributed by atoms with Gasteiger partial charge in [-0.15, -0.1) is 0 Å². The number of hydrogen-bond acceptors (Lipinski definition) is 3. The van der Waals surface area contributed by atoms with Crippen LogP contribution in [-0.4, -0.2) is 14.8 Å². The van der Waals surface area contributed by atoms with Gasteiger partial charge in [-0.05, 0) is 41.8 Å². The quantitative estimate of drug-likeness (QED) is 0.765. The van der Waals surface area contributed by atoms with Gasteiger partial charge in [0.05, 0.1) is 0 Å². The molecule has 2 aromatic carbocycles. The predicted molar refractivity (Wildman–Crippen MR) is 92.4 cm³/mol. The normalized spacial score (nSPS) is 16.4. The smallest absolute Gasteiger partial charge is 0.226 e. The van der Waals surface area contributed by atoms with Crippen molar-refractivity contribution < 1.29 is 0 Å². The summed E-state index contributed by atoms with van der Waals surface area (Å²) in [5.41, 5.74) is 4.53. The van der Waals surface area contributed by atoms with E-state index in [1.165, 1.54) is 11.1 Å². The molecule has 0 fully saturated rings. The van der Waals surface area contributed by atoms with Gasteiger partial charge in [0.25, 0.3) is 0 Å². The summed E-state index contributed by atoms with van der Waals surface area (Å²) in [5, 5.41) is 8.44. The Morgan fingerprint density at radius 3 is 2.65 bits per heavy atom. The zero-order chi connectivity index (χ0) is 15.8. The third-order valence-corrected chi connectivity index (χ3v) is 4.32. The highest BCUT2D eigenvalue weighted by Crippen LogP contribution is 2.33. The maximum Gasteiger partial charge on any atom is 0.226 e. The fourth-order valence-electron chi connectivity index (χ4n) is 2.87. The molecule has 0 saturated heterocycles. The number of rotatable bonds is 2. The van der Waals surface area contributed by atoms with Crippen molar-refractivity contribution in [1.29, 1.82) is 0 Å². The second kappa shape index (κ2) is 5.56. The molecule has 1 aliphatic rings. The maximum absolute atomic E-state index is 5.99. The lowest BCUT2D eigenvalue weighted by Crippen LogP contribution is -2.20. The molecule has 4 rings (SSSR count). The molecular formula is C18H15ClN4. The molecule has 0 aliphatic carbocycles. The van der Waals surface area contributed by atoms with E-state index in [1.54, 1.807) is 6.33 Å². The molecule has 4 nitrogen and oxygen atoms in total. The Hall–Kier alpha value is -2.59. The lowest BCUT2D eigenvalue weighted by Gasteiger charge is -2.25. The number of aryl methyl sites for hydroxylation is 1. The SMILES string of the molecule is Cc1ccccc1C1C=C(c2ccc(Cl)cc2)Nc2ncnn21. The first-order valence-corrected chi connectivity index (χ1v) is 7.80. The number of nitrogens with one attached hydrogen (secondary N) is 1. The lowest BCUT2D eigenvalue weighted by atomic mass is 9.98. The molecule has 3 aromatic rings. The van der Waals surface area contributed by atoms with E-state index in [1.807, 2.05) is 35.0 Å². The largest absolute Gasteiger partial charge is 0.324 e. The minimum atomic E-state index is 0.0145. The average Bonchev–Trinajstić information content (AvgIpc) is 3.04. The molecule has 0 amide bonds. The molecule has 1 atom stereocenters. The van der Waals surface area contributed by atoms with Crippen LogP contribution in [0, 0.1) is 6.92 Å². The minimum Gasteiger partial charge on any atom is -0.324 e. The van der Waals surface area contributed by atoms with Crippen molar-refractivity contribution in [1.82, 2.24) is 14.8 Å². The highest BCUT2D eigenvalue weighted by Gasteiger charge is 2.24. The molecule has 0 bridgehead atoms. The van der Waals surface area contributed by atoms with Crippen LogP contribution in [0.1, 0.15) is 22.7 Å². The van der Waals surface area contributed by atoms with Crippen molar-refractivity contribution >= 4 is 23.2 Å². The molecule has 1 aromatic heterocycles. The standard InChI is InChI=1S/C18H15ClN4/c1-12-4-2-3-5-15(12)17-10-16(13-6-8-14(19)9-7-13)22-18-20-11-21-23(17)18/h2-11,17H,1H3,(H,20,21,22). The molecule has 23 heavy (non-hydrogen) atoms. The topological polar surface area (TPSA) is 42.7 Å². The van der Waals surface area contributed by atoms with Crippen LogP contribution in [0.2, 0.25) is 5.02 Å². The van der Waals surface area contributed by atoms with Crippen LogP contribution in [0.3, 0.4) is 0 Å². The van der Waals surface area contributed by atoms with E-state index in [0.717, 1.165) is 22.2 Å². The molecule has 1 unspecified atom stereocenters. The van der Waals surface area contributed by atoms with Crippen LogP contribution in [0.25, 0.3) is 5.70 Å². The van der Waals surface area contributed by atoms with E-state index < -0.39 is 0 Å². The molecule has 0 spiro atoms. The molecule has 1 aliphatic heterocycles. The number of hydrogen-bond donors (Lipinski definition) is 1. The molecular weight excluding hydrogens is 308 g/mol. The van der Waals surface area contributed by atoms with Gasteiger partial charge in [0, 0.05) is 10.7 Å². The van der Waals surface area contributed by atoms with E-state index in [0.29, 0.717) is 0 Å². The van der Waals surface area contributed by atoms with E-state index in [-0.39, 0.29) is 6.04 Å². The first-order chi connectivity index (χ1) is 11.2. The number of halogens is 1. The van der Waals surface area contributed by atoms with Crippen LogP contribution < -0.4 is 5.32 Å². The van der Waals surface area contributed by atoms with Gasteiger partial charge >= 0.3 is 0 Å². The van der Waals surface area contributed by atoms with Crippen LogP contribution in [0.15, 0.2) is 60.9 Å². The fourth-order valence-corrected chi connectivity index (χ4v) is 3.00.